The molecule has 4 heterocycles. The third-order valence-corrected chi connectivity index (χ3v) is 5.92. The average molecular weight is 397 g/mol. The number of hydrogen-bond acceptors (Lipinski definition) is 6. The first-order chi connectivity index (χ1) is 13.6. The van der Waals surface area contributed by atoms with Crippen molar-refractivity contribution in [1.82, 2.24) is 14.9 Å². The van der Waals surface area contributed by atoms with Gasteiger partial charge in [-0.05, 0) is 63.5 Å². The minimum Gasteiger partial charge on any atom is -0.459 e. The van der Waals surface area contributed by atoms with Gasteiger partial charge in [-0.2, -0.15) is 0 Å². The quantitative estimate of drug-likeness (QED) is 0.697. The summed E-state index contributed by atoms with van der Waals surface area (Å²) in [4.78, 5) is 23.8. The van der Waals surface area contributed by atoms with Crippen molar-refractivity contribution in [3.8, 4) is 10.8 Å². The predicted molar refractivity (Wildman–Crippen MR) is 110 cm³/mol. The van der Waals surface area contributed by atoms with Crippen molar-refractivity contribution in [2.24, 2.45) is 5.92 Å². The highest BCUT2D eigenvalue weighted by Gasteiger charge is 2.25. The van der Waals surface area contributed by atoms with E-state index in [4.69, 9.17) is 9.40 Å². The van der Waals surface area contributed by atoms with Crippen LogP contribution in [0.3, 0.4) is 0 Å². The van der Waals surface area contributed by atoms with Crippen molar-refractivity contribution in [3.63, 3.8) is 0 Å². The molecule has 4 rings (SSSR count). The van der Waals surface area contributed by atoms with E-state index in [1.165, 1.54) is 0 Å². The van der Waals surface area contributed by atoms with Gasteiger partial charge in [0.1, 0.15) is 11.6 Å². The number of aromatic nitrogens is 2. The summed E-state index contributed by atoms with van der Waals surface area (Å²) in [6.07, 6.45) is 3.47. The van der Waals surface area contributed by atoms with E-state index in [2.05, 4.69) is 20.6 Å². The average Bonchev–Trinajstić information content (AvgIpc) is 3.33. The molecule has 3 aromatic rings. The van der Waals surface area contributed by atoms with Crippen molar-refractivity contribution in [2.75, 3.05) is 18.4 Å². The number of nitrogens with zero attached hydrogens (tertiary/aromatic N) is 3. The predicted octanol–water partition coefficient (Wildman–Crippen LogP) is 4.27. The Labute approximate surface area is 168 Å². The van der Waals surface area contributed by atoms with Crippen LogP contribution in [-0.2, 0) is 11.3 Å². The Kier molecular flexibility index (Phi) is 5.54. The number of pyridine rings is 1. The Hall–Kier alpha value is -2.51. The largest absolute Gasteiger partial charge is 0.459 e. The van der Waals surface area contributed by atoms with Gasteiger partial charge >= 0.3 is 0 Å². The van der Waals surface area contributed by atoms with Crippen LogP contribution in [0.1, 0.15) is 29.9 Å². The van der Waals surface area contributed by atoms with Gasteiger partial charge in [-0.1, -0.05) is 6.07 Å². The molecule has 1 N–H and O–H groups in total. The summed E-state index contributed by atoms with van der Waals surface area (Å²) in [5, 5.41) is 5.95. The fourth-order valence-electron chi connectivity index (χ4n) is 3.39. The van der Waals surface area contributed by atoms with Gasteiger partial charge in [0.05, 0.1) is 5.69 Å². The molecule has 1 aliphatic heterocycles. The summed E-state index contributed by atoms with van der Waals surface area (Å²) in [6.45, 7) is 6.52. The van der Waals surface area contributed by atoms with E-state index in [-0.39, 0.29) is 11.8 Å². The van der Waals surface area contributed by atoms with Crippen LogP contribution in [0.2, 0.25) is 0 Å². The van der Waals surface area contributed by atoms with Crippen molar-refractivity contribution in [3.05, 3.63) is 52.9 Å². The summed E-state index contributed by atoms with van der Waals surface area (Å²) in [5.74, 6) is 2.46. The van der Waals surface area contributed by atoms with E-state index in [0.717, 1.165) is 60.3 Å². The standard InChI is InChI=1S/C21H24N4O2S/c1-14-3-6-19(22-11-14)24-20(26)16-7-9-25(10-8-16)12-17-13-28-21(23-17)18-5-4-15(2)27-18/h3-6,11,13,16H,7-10,12H2,1-2H3,(H,22,24,26). The van der Waals surface area contributed by atoms with E-state index < -0.39 is 0 Å². The molecule has 0 unspecified atom stereocenters. The molecule has 0 atom stereocenters. The normalized spacial score (nSPS) is 15.6. The van der Waals surface area contributed by atoms with Crippen LogP contribution in [0, 0.1) is 19.8 Å². The first-order valence-electron chi connectivity index (χ1n) is 9.54. The number of aryl methyl sites for hydroxylation is 2. The maximum atomic E-state index is 12.5. The Morgan fingerprint density at radius 3 is 2.75 bits per heavy atom. The third kappa shape index (κ3) is 4.48. The summed E-state index contributed by atoms with van der Waals surface area (Å²) in [6, 6.07) is 7.73. The summed E-state index contributed by atoms with van der Waals surface area (Å²) >= 11 is 1.61. The minimum absolute atomic E-state index is 0.0384. The number of anilines is 1. The lowest BCUT2D eigenvalue weighted by atomic mass is 9.96. The third-order valence-electron chi connectivity index (χ3n) is 5.01. The highest BCUT2D eigenvalue weighted by molar-refractivity contribution is 7.13. The zero-order chi connectivity index (χ0) is 19.5. The van der Waals surface area contributed by atoms with E-state index in [0.29, 0.717) is 5.82 Å². The van der Waals surface area contributed by atoms with Crippen LogP contribution < -0.4 is 5.32 Å². The molecular formula is C21H24N4O2S. The molecule has 6 nitrogen and oxygen atoms in total. The number of thiazole rings is 1. The van der Waals surface area contributed by atoms with Crippen LogP contribution in [0.5, 0.6) is 0 Å². The van der Waals surface area contributed by atoms with Gasteiger partial charge in [-0.3, -0.25) is 9.69 Å². The van der Waals surface area contributed by atoms with Gasteiger partial charge < -0.3 is 9.73 Å². The summed E-state index contributed by atoms with van der Waals surface area (Å²) in [7, 11) is 0. The molecule has 0 aromatic carbocycles. The van der Waals surface area contributed by atoms with Gasteiger partial charge in [0.2, 0.25) is 5.91 Å². The summed E-state index contributed by atoms with van der Waals surface area (Å²) < 4.78 is 5.65. The van der Waals surface area contributed by atoms with Crippen molar-refractivity contribution in [1.29, 1.82) is 0 Å². The van der Waals surface area contributed by atoms with Crippen LogP contribution >= 0.6 is 11.3 Å². The maximum absolute atomic E-state index is 12.5. The molecule has 1 fully saturated rings. The Morgan fingerprint density at radius 2 is 2.07 bits per heavy atom. The van der Waals surface area contributed by atoms with Crippen LogP contribution in [0.4, 0.5) is 5.82 Å². The summed E-state index contributed by atoms with van der Waals surface area (Å²) in [5.41, 5.74) is 2.14. The number of nitrogens with one attached hydrogen (secondary N) is 1. The van der Waals surface area contributed by atoms with Gasteiger partial charge in [0.15, 0.2) is 10.8 Å². The lowest BCUT2D eigenvalue weighted by Gasteiger charge is -2.30. The van der Waals surface area contributed by atoms with E-state index in [9.17, 15) is 4.79 Å². The van der Waals surface area contributed by atoms with Gasteiger partial charge in [0.25, 0.3) is 0 Å². The molecule has 28 heavy (non-hydrogen) atoms. The number of piperidine rings is 1. The number of carbonyl (C=O) groups is 1. The van der Waals surface area contributed by atoms with E-state index in [1.54, 1.807) is 17.5 Å². The fourth-order valence-corrected chi connectivity index (χ4v) is 4.17. The van der Waals surface area contributed by atoms with Crippen molar-refractivity contribution < 1.29 is 9.21 Å². The van der Waals surface area contributed by atoms with Crippen molar-refractivity contribution in [2.45, 2.75) is 33.2 Å². The topological polar surface area (TPSA) is 71.3 Å². The van der Waals surface area contributed by atoms with Crippen LogP contribution in [0.25, 0.3) is 10.8 Å². The lowest BCUT2D eigenvalue weighted by Crippen LogP contribution is -2.37. The first-order valence-corrected chi connectivity index (χ1v) is 10.4. The van der Waals surface area contributed by atoms with Crippen LogP contribution in [0.15, 0.2) is 40.3 Å². The SMILES string of the molecule is Cc1ccc(NC(=O)C2CCN(Cc3csc(-c4ccc(C)o4)n3)CC2)nc1. The van der Waals surface area contributed by atoms with Crippen molar-refractivity contribution >= 4 is 23.1 Å². The molecule has 1 aliphatic rings. The zero-order valence-corrected chi connectivity index (χ0v) is 17.0. The fraction of sp³-hybridized carbons (Fsp3) is 0.381. The molecule has 0 aliphatic carbocycles. The molecule has 0 radical (unpaired) electrons. The Bertz CT molecular complexity index is 939. The molecule has 1 amide bonds. The van der Waals surface area contributed by atoms with E-state index in [1.807, 2.05) is 38.1 Å². The highest BCUT2D eigenvalue weighted by Crippen LogP contribution is 2.27. The second-order valence-corrected chi connectivity index (χ2v) is 8.17. The second-order valence-electron chi connectivity index (χ2n) is 7.31. The molecular weight excluding hydrogens is 372 g/mol. The van der Waals surface area contributed by atoms with Gasteiger partial charge in [-0.25, -0.2) is 9.97 Å². The molecule has 7 heteroatoms. The number of amides is 1. The molecule has 0 saturated carbocycles. The first kappa shape index (κ1) is 18.8. The minimum atomic E-state index is 0.0384. The van der Waals surface area contributed by atoms with Gasteiger partial charge in [0, 0.05) is 24.0 Å². The smallest absolute Gasteiger partial charge is 0.228 e. The van der Waals surface area contributed by atoms with E-state index >= 15 is 0 Å². The second kappa shape index (κ2) is 8.24. The number of rotatable bonds is 5. The Balaban J connectivity index is 1.28. The zero-order valence-electron chi connectivity index (χ0n) is 16.1. The monoisotopic (exact) mass is 396 g/mol. The molecule has 146 valence electrons. The molecule has 1 saturated heterocycles. The number of likely N-dealkylation sites (tertiary alicyclic amines) is 1. The van der Waals surface area contributed by atoms with Crippen LogP contribution in [-0.4, -0.2) is 33.9 Å². The Morgan fingerprint density at radius 1 is 1.25 bits per heavy atom. The number of carbonyl (C=O) groups excluding carboxylic acids is 1. The van der Waals surface area contributed by atoms with Gasteiger partial charge in [-0.15, -0.1) is 11.3 Å². The molecule has 0 bridgehead atoms. The highest BCUT2D eigenvalue weighted by atomic mass is 32.1. The number of furan rings is 1. The molecule has 0 spiro atoms. The molecule has 3 aromatic heterocycles. The number of hydrogen-bond donors (Lipinski definition) is 1. The lowest BCUT2D eigenvalue weighted by molar-refractivity contribution is -0.121. The maximum Gasteiger partial charge on any atom is 0.228 e.